The van der Waals surface area contributed by atoms with Crippen molar-refractivity contribution in [2.75, 3.05) is 51.8 Å². The first kappa shape index (κ1) is 19.8. The van der Waals surface area contributed by atoms with Crippen LogP contribution in [-0.4, -0.2) is 62.8 Å². The number of nitrogens with zero attached hydrogens (tertiary/aromatic N) is 4. The van der Waals surface area contributed by atoms with Gasteiger partial charge in [-0.25, -0.2) is 9.98 Å². The van der Waals surface area contributed by atoms with Crippen molar-refractivity contribution in [2.45, 2.75) is 13.5 Å². The lowest BCUT2D eigenvalue weighted by Gasteiger charge is -2.37. The van der Waals surface area contributed by atoms with E-state index >= 15 is 0 Å². The molecule has 1 aromatic carbocycles. The first-order chi connectivity index (χ1) is 13.7. The van der Waals surface area contributed by atoms with E-state index in [0.717, 1.165) is 50.1 Å². The number of benzene rings is 1. The fourth-order valence-electron chi connectivity index (χ4n) is 3.22. The van der Waals surface area contributed by atoms with Crippen molar-refractivity contribution < 1.29 is 9.47 Å². The number of aliphatic imine (C=N–C) groups is 1. The predicted octanol–water partition coefficient (Wildman–Crippen LogP) is 2.39. The number of rotatable bonds is 6. The molecule has 3 rings (SSSR count). The highest BCUT2D eigenvalue weighted by Crippen LogP contribution is 2.22. The molecule has 7 heteroatoms. The minimum absolute atomic E-state index is 0.523. The molecule has 0 amide bonds. The molecule has 0 radical (unpaired) electrons. The van der Waals surface area contributed by atoms with E-state index in [1.807, 2.05) is 30.3 Å². The molecule has 1 saturated heterocycles. The van der Waals surface area contributed by atoms with Crippen LogP contribution in [-0.2, 0) is 6.54 Å². The maximum Gasteiger partial charge on any atom is 0.213 e. The predicted molar refractivity (Wildman–Crippen MR) is 112 cm³/mol. The van der Waals surface area contributed by atoms with Crippen molar-refractivity contribution in [3.63, 3.8) is 0 Å². The fourth-order valence-corrected chi connectivity index (χ4v) is 3.22. The van der Waals surface area contributed by atoms with Crippen molar-refractivity contribution in [3.8, 4) is 11.6 Å². The Morgan fingerprint density at radius 2 is 1.86 bits per heavy atom. The molecule has 0 aliphatic carbocycles. The summed E-state index contributed by atoms with van der Waals surface area (Å²) in [5, 5.41) is 3.40. The minimum atomic E-state index is 0.523. The number of methoxy groups -OCH3 is 2. The third-order valence-electron chi connectivity index (χ3n) is 4.71. The van der Waals surface area contributed by atoms with Crippen LogP contribution in [0.25, 0.3) is 0 Å². The zero-order valence-corrected chi connectivity index (χ0v) is 16.9. The first-order valence-corrected chi connectivity index (χ1v) is 9.65. The number of anilines is 1. The molecule has 2 heterocycles. The Hall–Kier alpha value is -2.96. The van der Waals surface area contributed by atoms with Crippen LogP contribution in [0.2, 0.25) is 0 Å². The van der Waals surface area contributed by atoms with Gasteiger partial charge in [-0.15, -0.1) is 0 Å². The van der Waals surface area contributed by atoms with E-state index < -0.39 is 0 Å². The Kier molecular flexibility index (Phi) is 6.94. The molecule has 1 aromatic heterocycles. The third-order valence-corrected chi connectivity index (χ3v) is 4.71. The summed E-state index contributed by atoms with van der Waals surface area (Å²) in [7, 11) is 3.33. The number of nitrogens with one attached hydrogen (secondary N) is 1. The van der Waals surface area contributed by atoms with Gasteiger partial charge < -0.3 is 24.6 Å². The molecule has 0 unspecified atom stereocenters. The number of hydrogen-bond acceptors (Lipinski definition) is 5. The molecule has 28 heavy (non-hydrogen) atoms. The molecule has 0 spiro atoms. The average Bonchev–Trinajstić information content (AvgIpc) is 2.77. The van der Waals surface area contributed by atoms with Gasteiger partial charge in [-0.1, -0.05) is 12.1 Å². The fraction of sp³-hybridized carbons (Fsp3) is 0.429. The largest absolute Gasteiger partial charge is 0.497 e. The molecule has 1 aliphatic rings. The topological polar surface area (TPSA) is 62.2 Å². The van der Waals surface area contributed by atoms with Crippen LogP contribution in [0.15, 0.2) is 47.5 Å². The van der Waals surface area contributed by atoms with Crippen LogP contribution in [0.3, 0.4) is 0 Å². The summed E-state index contributed by atoms with van der Waals surface area (Å²) in [6, 6.07) is 14.0. The third kappa shape index (κ3) is 5.06. The van der Waals surface area contributed by atoms with Gasteiger partial charge in [-0.2, -0.15) is 0 Å². The van der Waals surface area contributed by atoms with E-state index in [9.17, 15) is 0 Å². The van der Waals surface area contributed by atoms with Gasteiger partial charge >= 0.3 is 0 Å². The molecule has 2 aromatic rings. The summed E-state index contributed by atoms with van der Waals surface area (Å²) in [6.45, 7) is 7.15. The Balaban J connectivity index is 1.63. The first-order valence-electron chi connectivity index (χ1n) is 9.65. The van der Waals surface area contributed by atoms with Gasteiger partial charge in [-0.3, -0.25) is 0 Å². The van der Waals surface area contributed by atoms with Crippen molar-refractivity contribution in [3.05, 3.63) is 48.2 Å². The van der Waals surface area contributed by atoms with Crippen molar-refractivity contribution in [1.82, 2.24) is 15.2 Å². The number of piperazine rings is 1. The monoisotopic (exact) mass is 383 g/mol. The summed E-state index contributed by atoms with van der Waals surface area (Å²) in [6.07, 6.45) is 0. The lowest BCUT2D eigenvalue weighted by Crippen LogP contribution is -2.52. The van der Waals surface area contributed by atoms with Gasteiger partial charge in [0, 0.05) is 50.5 Å². The van der Waals surface area contributed by atoms with E-state index in [1.54, 1.807) is 14.2 Å². The highest BCUT2D eigenvalue weighted by molar-refractivity contribution is 5.80. The average molecular weight is 383 g/mol. The summed E-state index contributed by atoms with van der Waals surface area (Å²) in [4.78, 5) is 13.9. The van der Waals surface area contributed by atoms with E-state index in [2.05, 4.69) is 39.2 Å². The Morgan fingerprint density at radius 1 is 1.07 bits per heavy atom. The normalized spacial score (nSPS) is 14.8. The van der Waals surface area contributed by atoms with Crippen LogP contribution in [0, 0.1) is 0 Å². The Bertz CT molecular complexity index is 788. The lowest BCUT2D eigenvalue weighted by molar-refractivity contribution is 0.371. The number of guanidine groups is 1. The van der Waals surface area contributed by atoms with Gasteiger partial charge in [-0.05, 0) is 25.1 Å². The van der Waals surface area contributed by atoms with E-state index in [-0.39, 0.29) is 0 Å². The molecule has 150 valence electrons. The molecule has 0 saturated carbocycles. The maximum atomic E-state index is 5.35. The van der Waals surface area contributed by atoms with Crippen molar-refractivity contribution in [2.24, 2.45) is 4.99 Å². The van der Waals surface area contributed by atoms with Gasteiger partial charge in [0.2, 0.25) is 5.88 Å². The zero-order valence-electron chi connectivity index (χ0n) is 16.9. The van der Waals surface area contributed by atoms with Crippen LogP contribution < -0.4 is 19.7 Å². The summed E-state index contributed by atoms with van der Waals surface area (Å²) in [5.41, 5.74) is 2.09. The smallest absolute Gasteiger partial charge is 0.213 e. The molecular formula is C21H29N5O2. The van der Waals surface area contributed by atoms with Crippen LogP contribution in [0.5, 0.6) is 11.6 Å². The SMILES string of the molecule is CCNC(=NCc1cccc(OC)n1)N1CCN(c2cccc(OC)c2)CC1. The van der Waals surface area contributed by atoms with Crippen LogP contribution in [0.4, 0.5) is 5.69 Å². The van der Waals surface area contributed by atoms with Crippen LogP contribution >= 0.6 is 0 Å². The van der Waals surface area contributed by atoms with Gasteiger partial charge in [0.15, 0.2) is 5.96 Å². The van der Waals surface area contributed by atoms with Crippen LogP contribution in [0.1, 0.15) is 12.6 Å². The Labute approximate surface area is 167 Å². The molecule has 1 aliphatic heterocycles. The number of pyridine rings is 1. The second-order valence-corrected chi connectivity index (χ2v) is 6.52. The number of aromatic nitrogens is 1. The molecule has 1 N–H and O–H groups in total. The minimum Gasteiger partial charge on any atom is -0.497 e. The quantitative estimate of drug-likeness (QED) is 0.610. The van der Waals surface area contributed by atoms with Gasteiger partial charge in [0.25, 0.3) is 0 Å². The summed E-state index contributed by atoms with van der Waals surface area (Å²) >= 11 is 0. The maximum absolute atomic E-state index is 5.35. The van der Waals surface area contributed by atoms with Gasteiger partial charge in [0.05, 0.1) is 26.5 Å². The molecule has 0 atom stereocenters. The van der Waals surface area contributed by atoms with Gasteiger partial charge in [0.1, 0.15) is 5.75 Å². The Morgan fingerprint density at radius 3 is 2.57 bits per heavy atom. The highest BCUT2D eigenvalue weighted by Gasteiger charge is 2.20. The highest BCUT2D eigenvalue weighted by atomic mass is 16.5. The molecule has 0 bridgehead atoms. The molecule has 1 fully saturated rings. The zero-order chi connectivity index (χ0) is 19.8. The number of hydrogen-bond donors (Lipinski definition) is 1. The van der Waals surface area contributed by atoms with E-state index in [4.69, 9.17) is 14.5 Å². The second kappa shape index (κ2) is 9.82. The lowest BCUT2D eigenvalue weighted by atomic mass is 10.2. The summed E-state index contributed by atoms with van der Waals surface area (Å²) in [5.74, 6) is 2.43. The second-order valence-electron chi connectivity index (χ2n) is 6.52. The standard InChI is InChI=1S/C21H29N5O2/c1-4-22-21(23-16-17-7-5-10-20(24-17)28-3)26-13-11-25(12-14-26)18-8-6-9-19(15-18)27-2/h5-10,15H,4,11-14,16H2,1-3H3,(H,22,23). The summed E-state index contributed by atoms with van der Waals surface area (Å²) < 4.78 is 10.5. The van der Waals surface area contributed by atoms with Crippen molar-refractivity contribution in [1.29, 1.82) is 0 Å². The molecule has 7 nitrogen and oxygen atoms in total. The molecular weight excluding hydrogens is 354 g/mol. The van der Waals surface area contributed by atoms with E-state index in [1.165, 1.54) is 5.69 Å². The number of ether oxygens (including phenoxy) is 2. The van der Waals surface area contributed by atoms with E-state index in [0.29, 0.717) is 12.4 Å². The van der Waals surface area contributed by atoms with Crippen molar-refractivity contribution >= 4 is 11.6 Å².